The molecule has 0 spiro atoms. The Kier molecular flexibility index (Phi) is 4.40. The Balaban J connectivity index is 2.25. The second kappa shape index (κ2) is 6.22. The number of carbonyl (C=O) groups is 2. The minimum Gasteiger partial charge on any atom is -0.469 e. The Labute approximate surface area is 145 Å². The van der Waals surface area contributed by atoms with Crippen LogP contribution in [-0.2, 0) is 23.8 Å². The maximum atomic E-state index is 12.7. The largest absolute Gasteiger partial charge is 0.469 e. The molecule has 0 unspecified atom stereocenters. The molecule has 1 aromatic heterocycles. The van der Waals surface area contributed by atoms with Crippen LogP contribution in [0.1, 0.15) is 24.6 Å². The highest BCUT2D eigenvalue weighted by molar-refractivity contribution is 7.10. The second-order valence-corrected chi connectivity index (χ2v) is 7.02. The quantitative estimate of drug-likeness (QED) is 0.778. The summed E-state index contributed by atoms with van der Waals surface area (Å²) >= 11 is 1.50. The molecule has 0 N–H and O–H groups in total. The molecule has 1 saturated heterocycles. The molecule has 3 atom stereocenters. The highest BCUT2D eigenvalue weighted by atomic mass is 32.1. The first-order valence-electron chi connectivity index (χ1n) is 7.77. The first-order chi connectivity index (χ1) is 11.5. The van der Waals surface area contributed by atoms with E-state index in [2.05, 4.69) is 0 Å². The third kappa shape index (κ3) is 2.34. The number of hydrogen-bond acceptors (Lipinski definition) is 7. The average Bonchev–Trinajstić information content (AvgIpc) is 3.22. The summed E-state index contributed by atoms with van der Waals surface area (Å²) in [5, 5.41) is 1.93. The van der Waals surface area contributed by atoms with Gasteiger partial charge in [-0.25, -0.2) is 4.79 Å². The van der Waals surface area contributed by atoms with E-state index in [0.29, 0.717) is 18.7 Å². The molecule has 3 heterocycles. The van der Waals surface area contributed by atoms with Gasteiger partial charge in [0.15, 0.2) is 5.72 Å². The molecule has 0 aliphatic carbocycles. The maximum absolute atomic E-state index is 12.7. The minimum absolute atomic E-state index is 0.392. The molecule has 3 rings (SSSR count). The first-order valence-corrected chi connectivity index (χ1v) is 8.65. The zero-order valence-corrected chi connectivity index (χ0v) is 15.0. The van der Waals surface area contributed by atoms with E-state index in [1.165, 1.54) is 25.6 Å². The summed E-state index contributed by atoms with van der Waals surface area (Å²) in [4.78, 5) is 28.1. The van der Waals surface area contributed by atoms with Gasteiger partial charge in [0.05, 0.1) is 26.4 Å². The number of methoxy groups -OCH3 is 2. The van der Waals surface area contributed by atoms with Crippen LogP contribution in [0.4, 0.5) is 0 Å². The van der Waals surface area contributed by atoms with Crippen molar-refractivity contribution in [2.45, 2.75) is 25.5 Å². The molecule has 0 bridgehead atoms. The van der Waals surface area contributed by atoms with Gasteiger partial charge in [0.1, 0.15) is 5.92 Å². The van der Waals surface area contributed by atoms with Gasteiger partial charge in [0, 0.05) is 23.0 Å². The monoisotopic (exact) mass is 351 g/mol. The Bertz CT molecular complexity index is 683. The minimum atomic E-state index is -0.844. The summed E-state index contributed by atoms with van der Waals surface area (Å²) in [6.07, 6.45) is 0. The zero-order chi connectivity index (χ0) is 17.5. The average molecular weight is 351 g/mol. The summed E-state index contributed by atoms with van der Waals surface area (Å²) in [7, 11) is 2.72. The predicted octanol–water partition coefficient (Wildman–Crippen LogP) is 2.13. The molecule has 0 amide bonds. The first kappa shape index (κ1) is 17.0. The number of esters is 2. The molecule has 6 nitrogen and oxygen atoms in total. The highest BCUT2D eigenvalue weighted by Crippen LogP contribution is 2.51. The van der Waals surface area contributed by atoms with E-state index in [1.54, 1.807) is 0 Å². The van der Waals surface area contributed by atoms with Crippen molar-refractivity contribution in [1.82, 2.24) is 4.90 Å². The van der Waals surface area contributed by atoms with Gasteiger partial charge in [-0.3, -0.25) is 4.79 Å². The summed E-state index contributed by atoms with van der Waals surface area (Å²) in [6, 6.07) is 3.83. The third-order valence-corrected chi connectivity index (χ3v) is 5.93. The van der Waals surface area contributed by atoms with Crippen LogP contribution in [0, 0.1) is 5.92 Å². The van der Waals surface area contributed by atoms with Gasteiger partial charge in [-0.2, -0.15) is 0 Å². The van der Waals surface area contributed by atoms with E-state index < -0.39 is 29.5 Å². The van der Waals surface area contributed by atoms with Gasteiger partial charge in [-0.05, 0) is 25.3 Å². The number of carbonyl (C=O) groups excluding carboxylic acids is 2. The van der Waals surface area contributed by atoms with Crippen LogP contribution in [0.5, 0.6) is 0 Å². The molecule has 2 aliphatic heterocycles. The van der Waals surface area contributed by atoms with Gasteiger partial charge in [0.2, 0.25) is 0 Å². The topological polar surface area (TPSA) is 65.1 Å². The highest BCUT2D eigenvalue weighted by Gasteiger charge is 2.58. The van der Waals surface area contributed by atoms with Gasteiger partial charge in [0.25, 0.3) is 0 Å². The van der Waals surface area contributed by atoms with Crippen LogP contribution >= 0.6 is 11.3 Å². The summed E-state index contributed by atoms with van der Waals surface area (Å²) in [5.74, 6) is -1.92. The number of hydrogen-bond donors (Lipinski definition) is 0. The Morgan fingerprint density at radius 2 is 2.12 bits per heavy atom. The van der Waals surface area contributed by atoms with Crippen molar-refractivity contribution in [3.63, 3.8) is 0 Å². The second-order valence-electron chi connectivity index (χ2n) is 6.04. The van der Waals surface area contributed by atoms with Crippen LogP contribution in [0.2, 0.25) is 0 Å². The van der Waals surface area contributed by atoms with Crippen molar-refractivity contribution in [3.8, 4) is 0 Å². The van der Waals surface area contributed by atoms with Crippen molar-refractivity contribution in [3.05, 3.63) is 33.7 Å². The number of ether oxygens (including phenoxy) is 3. The number of rotatable bonds is 3. The normalized spacial score (nSPS) is 29.4. The van der Waals surface area contributed by atoms with E-state index in [-0.39, 0.29) is 0 Å². The number of thiophene rings is 1. The van der Waals surface area contributed by atoms with Crippen molar-refractivity contribution >= 4 is 23.3 Å². The van der Waals surface area contributed by atoms with Crippen molar-refractivity contribution in [2.24, 2.45) is 5.92 Å². The SMILES string of the molecule is COC(=O)C1=C(C)N2CCO[C@@]2(C)[C@@H](C(=O)OC)[C@@H]1c1cccs1. The Morgan fingerprint density at radius 3 is 2.71 bits per heavy atom. The summed E-state index contributed by atoms with van der Waals surface area (Å²) in [6.45, 7) is 4.88. The zero-order valence-electron chi connectivity index (χ0n) is 14.2. The van der Waals surface area contributed by atoms with Gasteiger partial charge >= 0.3 is 11.9 Å². The van der Waals surface area contributed by atoms with Crippen molar-refractivity contribution in [1.29, 1.82) is 0 Å². The van der Waals surface area contributed by atoms with E-state index in [9.17, 15) is 9.59 Å². The standard InChI is InChI=1S/C17H21NO5S/c1-10-12(15(19)21-3)13(11-6-5-9-24-11)14(16(20)22-4)17(2)18(10)7-8-23-17/h5-6,9,13-14H,7-8H2,1-4H3/t13-,14-,17+/m1/s1. The fourth-order valence-electron chi connectivity index (χ4n) is 3.89. The molecular weight excluding hydrogens is 330 g/mol. The number of nitrogens with zero attached hydrogens (tertiary/aromatic N) is 1. The third-order valence-electron chi connectivity index (χ3n) is 4.97. The molecule has 24 heavy (non-hydrogen) atoms. The van der Waals surface area contributed by atoms with Gasteiger partial charge in [-0.15, -0.1) is 11.3 Å². The maximum Gasteiger partial charge on any atom is 0.336 e. The summed E-state index contributed by atoms with van der Waals surface area (Å²) in [5.41, 5.74) is 0.447. The van der Waals surface area contributed by atoms with Crippen LogP contribution in [0.3, 0.4) is 0 Å². The fraction of sp³-hybridized carbons (Fsp3) is 0.529. The summed E-state index contributed by atoms with van der Waals surface area (Å²) < 4.78 is 16.1. The Morgan fingerprint density at radius 1 is 1.38 bits per heavy atom. The molecule has 2 aliphatic rings. The van der Waals surface area contributed by atoms with Crippen LogP contribution < -0.4 is 0 Å². The van der Waals surface area contributed by atoms with E-state index in [1.807, 2.05) is 36.3 Å². The van der Waals surface area contributed by atoms with E-state index in [4.69, 9.17) is 14.2 Å². The number of allylic oxidation sites excluding steroid dienone is 1. The lowest BCUT2D eigenvalue weighted by molar-refractivity contribution is -0.171. The van der Waals surface area contributed by atoms with E-state index in [0.717, 1.165) is 10.6 Å². The van der Waals surface area contributed by atoms with Crippen LogP contribution in [0.25, 0.3) is 0 Å². The smallest absolute Gasteiger partial charge is 0.336 e. The molecule has 1 aromatic rings. The molecule has 0 saturated carbocycles. The molecular formula is C17H21NO5S. The predicted molar refractivity (Wildman–Crippen MR) is 88.3 cm³/mol. The van der Waals surface area contributed by atoms with E-state index >= 15 is 0 Å². The molecule has 0 aromatic carbocycles. The van der Waals surface area contributed by atoms with Crippen molar-refractivity contribution < 1.29 is 23.8 Å². The molecule has 0 radical (unpaired) electrons. The van der Waals surface area contributed by atoms with Gasteiger partial charge < -0.3 is 19.1 Å². The molecule has 1 fully saturated rings. The number of fused-ring (bicyclic) bond motifs is 1. The lowest BCUT2D eigenvalue weighted by Crippen LogP contribution is -2.57. The fourth-order valence-corrected chi connectivity index (χ4v) is 4.76. The molecule has 130 valence electrons. The lowest BCUT2D eigenvalue weighted by Gasteiger charge is -2.48. The Hall–Kier alpha value is -1.86. The van der Waals surface area contributed by atoms with Crippen LogP contribution in [-0.4, -0.2) is 49.9 Å². The lowest BCUT2D eigenvalue weighted by atomic mass is 9.74. The van der Waals surface area contributed by atoms with Crippen molar-refractivity contribution in [2.75, 3.05) is 27.4 Å². The molecule has 7 heteroatoms. The van der Waals surface area contributed by atoms with Gasteiger partial charge in [-0.1, -0.05) is 6.07 Å². The van der Waals surface area contributed by atoms with Crippen LogP contribution in [0.15, 0.2) is 28.8 Å².